The first-order chi connectivity index (χ1) is 24.5. The van der Waals surface area contributed by atoms with Crippen LogP contribution >= 0.6 is 0 Å². The highest BCUT2D eigenvalue weighted by molar-refractivity contribution is 6.16. The zero-order valence-electron chi connectivity index (χ0n) is 27.5. The van der Waals surface area contributed by atoms with Gasteiger partial charge in [0.2, 0.25) is 5.91 Å². The van der Waals surface area contributed by atoms with E-state index in [1.165, 1.54) is 14.2 Å². The lowest BCUT2D eigenvalue weighted by Crippen LogP contribution is -2.51. The molecule has 1 amide bonds. The molecule has 0 aromatic heterocycles. The Morgan fingerprint density at radius 2 is 1.40 bits per heavy atom. The van der Waals surface area contributed by atoms with Gasteiger partial charge in [0.25, 0.3) is 0 Å². The number of hydrogen-bond acceptors (Lipinski definition) is 7. The number of ketones is 1. The minimum atomic E-state index is -1.48. The van der Waals surface area contributed by atoms with Crippen molar-refractivity contribution in [1.82, 2.24) is 0 Å². The third-order valence-corrected chi connectivity index (χ3v) is 10.2. The van der Waals surface area contributed by atoms with E-state index in [1.54, 1.807) is 18.2 Å². The molecule has 1 spiro atoms. The minimum absolute atomic E-state index is 0.279. The molecule has 0 aliphatic carbocycles. The molecule has 0 saturated carbocycles. The molecule has 8 rings (SSSR count). The highest BCUT2D eigenvalue weighted by atomic mass is 16.5. The van der Waals surface area contributed by atoms with Gasteiger partial charge in [0.1, 0.15) is 11.5 Å². The number of anilines is 2. The largest absolute Gasteiger partial charge is 0.493 e. The first-order valence-electron chi connectivity index (χ1n) is 16.5. The number of para-hydroxylation sites is 2. The van der Waals surface area contributed by atoms with Crippen LogP contribution in [0.25, 0.3) is 6.08 Å². The second-order valence-electron chi connectivity index (χ2n) is 12.6. The van der Waals surface area contributed by atoms with Crippen molar-refractivity contribution in [2.75, 3.05) is 24.4 Å². The molecule has 0 bridgehead atoms. The number of amides is 1. The lowest BCUT2D eigenvalue weighted by molar-refractivity contribution is -0.150. The fourth-order valence-corrected chi connectivity index (χ4v) is 8.03. The van der Waals surface area contributed by atoms with Gasteiger partial charge >= 0.3 is 5.97 Å². The van der Waals surface area contributed by atoms with Crippen molar-refractivity contribution in [2.45, 2.75) is 23.6 Å². The number of nitrogens with zero attached hydrogens (tertiary/aromatic N) is 1. The minimum Gasteiger partial charge on any atom is -0.493 e. The molecule has 5 aromatic rings. The Bertz CT molecular complexity index is 2110. The zero-order chi connectivity index (χ0) is 34.4. The van der Waals surface area contributed by atoms with Crippen LogP contribution in [0.4, 0.5) is 11.4 Å². The van der Waals surface area contributed by atoms with Gasteiger partial charge < -0.3 is 24.4 Å². The van der Waals surface area contributed by atoms with E-state index in [2.05, 4.69) is 5.32 Å². The van der Waals surface area contributed by atoms with E-state index in [4.69, 9.17) is 14.2 Å². The number of Topliss-reactive ketones (excluding diaryl/α,β-unsaturated/α-hetero) is 1. The van der Waals surface area contributed by atoms with Crippen molar-refractivity contribution in [1.29, 1.82) is 0 Å². The summed E-state index contributed by atoms with van der Waals surface area (Å²) in [7, 11) is 3.02. The summed E-state index contributed by atoms with van der Waals surface area (Å²) in [4.78, 5) is 47.1. The second-order valence-corrected chi connectivity index (χ2v) is 12.6. The van der Waals surface area contributed by atoms with Crippen molar-refractivity contribution in [3.8, 4) is 11.5 Å². The van der Waals surface area contributed by atoms with E-state index < -0.39 is 41.3 Å². The van der Waals surface area contributed by atoms with Gasteiger partial charge in [-0.15, -0.1) is 0 Å². The summed E-state index contributed by atoms with van der Waals surface area (Å²) in [6.45, 7) is 0. The number of rotatable bonds is 8. The topological polar surface area (TPSA) is 94.2 Å². The van der Waals surface area contributed by atoms with Crippen LogP contribution in [-0.2, 0) is 19.7 Å². The third kappa shape index (κ3) is 4.70. The van der Waals surface area contributed by atoms with Gasteiger partial charge in [-0.05, 0) is 52.6 Å². The molecule has 248 valence electrons. The number of ether oxygens (including phenoxy) is 3. The predicted molar refractivity (Wildman–Crippen MR) is 190 cm³/mol. The van der Waals surface area contributed by atoms with Crippen LogP contribution in [-0.4, -0.2) is 44.0 Å². The van der Waals surface area contributed by atoms with Crippen LogP contribution < -0.4 is 19.7 Å². The standard InChI is InChI=1S/C42H34N2O6/c1-48-33-23-21-29(25-34(33)49-2)38(45)36-37(40(46)50-39(27-14-5-3-6-15-27)28-16-7-4-8-17-28)44-32-20-12-9-13-26(32)22-24-35(44)42(36)30-18-10-11-19-31(30)43-41(42)47/h3-25,35-37,39H,1-2H3,(H,43,47). The van der Waals surface area contributed by atoms with Crippen LogP contribution in [0.5, 0.6) is 11.5 Å². The molecule has 3 aliphatic heterocycles. The fourth-order valence-electron chi connectivity index (χ4n) is 8.03. The number of methoxy groups -OCH3 is 2. The highest BCUT2D eigenvalue weighted by Crippen LogP contribution is 2.58. The molecule has 4 unspecified atom stereocenters. The van der Waals surface area contributed by atoms with Crippen molar-refractivity contribution >= 4 is 35.1 Å². The van der Waals surface area contributed by atoms with Crippen molar-refractivity contribution in [3.05, 3.63) is 161 Å². The number of nitrogens with one attached hydrogen (secondary N) is 1. The Kier molecular flexibility index (Phi) is 7.71. The molecule has 4 atom stereocenters. The molecule has 0 radical (unpaired) electrons. The van der Waals surface area contributed by atoms with Crippen LogP contribution in [0, 0.1) is 5.92 Å². The number of carbonyl (C=O) groups is 3. The lowest BCUT2D eigenvalue weighted by atomic mass is 9.64. The molecule has 1 fully saturated rings. The summed E-state index contributed by atoms with van der Waals surface area (Å²) >= 11 is 0. The first kappa shape index (κ1) is 31.1. The molecule has 8 nitrogen and oxygen atoms in total. The van der Waals surface area contributed by atoms with Gasteiger partial charge in [-0.25, -0.2) is 4.79 Å². The summed E-state index contributed by atoms with van der Waals surface area (Å²) < 4.78 is 17.6. The van der Waals surface area contributed by atoms with E-state index in [1.807, 2.05) is 126 Å². The Balaban J connectivity index is 1.36. The second kappa shape index (κ2) is 12.4. The van der Waals surface area contributed by atoms with E-state index in [-0.39, 0.29) is 11.5 Å². The van der Waals surface area contributed by atoms with Crippen molar-refractivity contribution < 1.29 is 28.6 Å². The summed E-state index contributed by atoms with van der Waals surface area (Å²) in [6.07, 6.45) is 3.14. The molecule has 3 heterocycles. The maximum atomic E-state index is 15.3. The van der Waals surface area contributed by atoms with Gasteiger partial charge in [-0.3, -0.25) is 9.59 Å². The van der Waals surface area contributed by atoms with Gasteiger partial charge in [0.15, 0.2) is 23.4 Å². The molecule has 3 aliphatic rings. The molecule has 5 aromatic carbocycles. The van der Waals surface area contributed by atoms with Crippen LogP contribution in [0.2, 0.25) is 0 Å². The molecular formula is C42H34N2O6. The molecule has 8 heteroatoms. The summed E-state index contributed by atoms with van der Waals surface area (Å²) in [5.41, 5.74) is 3.22. The van der Waals surface area contributed by atoms with Gasteiger partial charge in [-0.1, -0.05) is 109 Å². The number of esters is 1. The predicted octanol–water partition coefficient (Wildman–Crippen LogP) is 7.01. The van der Waals surface area contributed by atoms with Gasteiger partial charge in [0.05, 0.1) is 26.2 Å². The van der Waals surface area contributed by atoms with E-state index in [0.717, 1.165) is 22.4 Å². The van der Waals surface area contributed by atoms with Crippen LogP contribution in [0.3, 0.4) is 0 Å². The Morgan fingerprint density at radius 1 is 0.760 bits per heavy atom. The van der Waals surface area contributed by atoms with E-state index in [9.17, 15) is 4.79 Å². The van der Waals surface area contributed by atoms with E-state index in [0.29, 0.717) is 22.7 Å². The molecular weight excluding hydrogens is 628 g/mol. The average molecular weight is 663 g/mol. The fraction of sp³-hybridized carbons (Fsp3) is 0.167. The zero-order valence-corrected chi connectivity index (χ0v) is 27.5. The normalized spacial score (nSPS) is 21.3. The van der Waals surface area contributed by atoms with Crippen molar-refractivity contribution in [2.24, 2.45) is 5.92 Å². The number of carbonyl (C=O) groups excluding carboxylic acids is 3. The van der Waals surface area contributed by atoms with Gasteiger partial charge in [-0.2, -0.15) is 0 Å². The summed E-state index contributed by atoms with van der Waals surface area (Å²) in [5, 5.41) is 3.07. The number of fused-ring (bicyclic) bond motifs is 6. The van der Waals surface area contributed by atoms with Crippen molar-refractivity contribution in [3.63, 3.8) is 0 Å². The third-order valence-electron chi connectivity index (χ3n) is 10.2. The SMILES string of the molecule is COc1ccc(C(=O)C2C(C(=O)OC(c3ccccc3)c3ccccc3)N3c4ccccc4C=CC3C23C(=O)Nc2ccccc23)cc1OC. The van der Waals surface area contributed by atoms with Crippen LogP contribution in [0.15, 0.2) is 133 Å². The first-order valence-corrected chi connectivity index (χ1v) is 16.5. The summed E-state index contributed by atoms with van der Waals surface area (Å²) in [5.74, 6) is -1.76. The Hall–Kier alpha value is -6.15. The lowest BCUT2D eigenvalue weighted by Gasteiger charge is -2.37. The summed E-state index contributed by atoms with van der Waals surface area (Å²) in [6, 6.07) is 37.2. The Morgan fingerprint density at radius 3 is 2.10 bits per heavy atom. The van der Waals surface area contributed by atoms with E-state index >= 15 is 9.59 Å². The number of benzene rings is 5. The maximum absolute atomic E-state index is 15.3. The monoisotopic (exact) mass is 662 g/mol. The number of hydrogen-bond donors (Lipinski definition) is 1. The van der Waals surface area contributed by atoms with Crippen LogP contribution in [0.1, 0.15) is 38.7 Å². The Labute approximate surface area is 289 Å². The highest BCUT2D eigenvalue weighted by Gasteiger charge is 2.71. The molecule has 1 saturated heterocycles. The van der Waals surface area contributed by atoms with Gasteiger partial charge in [0, 0.05) is 16.9 Å². The smallest absolute Gasteiger partial charge is 0.330 e. The maximum Gasteiger partial charge on any atom is 0.330 e. The molecule has 1 N–H and O–H groups in total. The quantitative estimate of drug-likeness (QED) is 0.141. The molecule has 50 heavy (non-hydrogen) atoms. The average Bonchev–Trinajstić information content (AvgIpc) is 3.65.